The van der Waals surface area contributed by atoms with Crippen LogP contribution in [0, 0.1) is 6.92 Å². The summed E-state index contributed by atoms with van der Waals surface area (Å²) in [5.74, 6) is 0.713. The summed E-state index contributed by atoms with van der Waals surface area (Å²) >= 11 is 0. The second-order valence-electron chi connectivity index (χ2n) is 8.02. The van der Waals surface area contributed by atoms with Gasteiger partial charge in [0.05, 0.1) is 29.3 Å². The van der Waals surface area contributed by atoms with Gasteiger partial charge in [0.2, 0.25) is 0 Å². The molecule has 2 heterocycles. The molecule has 1 amide bonds. The number of carbonyl (C=O) groups excluding carboxylic acids is 1. The molecule has 1 unspecified atom stereocenters. The monoisotopic (exact) mass is 424 g/mol. The minimum absolute atomic E-state index is 0.0481. The lowest BCUT2D eigenvalue weighted by molar-refractivity contribution is 0.0734. The van der Waals surface area contributed by atoms with Crippen molar-refractivity contribution in [3.63, 3.8) is 0 Å². The number of hydrogen-bond donors (Lipinski definition) is 1. The van der Waals surface area contributed by atoms with Gasteiger partial charge in [-0.3, -0.25) is 4.79 Å². The minimum Gasteiger partial charge on any atom is -0.399 e. The number of aromatic amines is 1. The number of likely N-dealkylation sites (tertiary alicyclic amines) is 1. The van der Waals surface area contributed by atoms with E-state index in [0.717, 1.165) is 28.1 Å². The zero-order chi connectivity index (χ0) is 22.1. The summed E-state index contributed by atoms with van der Waals surface area (Å²) in [6.07, 6.45) is 0.584. The summed E-state index contributed by atoms with van der Waals surface area (Å²) in [4.78, 5) is 28.4. The van der Waals surface area contributed by atoms with Gasteiger partial charge in [0, 0.05) is 12.0 Å². The highest BCUT2D eigenvalue weighted by molar-refractivity contribution is 6.01. The van der Waals surface area contributed by atoms with E-state index < -0.39 is 0 Å². The van der Waals surface area contributed by atoms with E-state index in [1.807, 2.05) is 65.6 Å². The summed E-state index contributed by atoms with van der Waals surface area (Å²) < 4.78 is 0. The number of imidazole rings is 1. The lowest BCUT2D eigenvalue weighted by Crippen LogP contribution is -2.31. The minimum atomic E-state index is -0.222. The van der Waals surface area contributed by atoms with E-state index in [4.69, 9.17) is 9.82 Å². The van der Waals surface area contributed by atoms with Crippen LogP contribution in [-0.2, 0) is 4.84 Å². The third-order valence-electron chi connectivity index (χ3n) is 5.95. The number of fused-ring (bicyclic) bond motifs is 1. The topological polar surface area (TPSA) is 70.6 Å². The summed E-state index contributed by atoms with van der Waals surface area (Å²) in [6.45, 7) is 2.50. The Morgan fingerprint density at radius 2 is 1.81 bits per heavy atom. The fourth-order valence-corrected chi connectivity index (χ4v) is 4.34. The maximum atomic E-state index is 13.5. The van der Waals surface area contributed by atoms with Crippen molar-refractivity contribution in [2.75, 3.05) is 13.7 Å². The number of aromatic nitrogens is 2. The van der Waals surface area contributed by atoms with Gasteiger partial charge in [0.15, 0.2) is 0 Å². The van der Waals surface area contributed by atoms with Crippen LogP contribution in [0.4, 0.5) is 0 Å². The number of para-hydroxylation sites is 2. The number of nitrogens with one attached hydrogen (secondary N) is 1. The molecule has 3 aromatic carbocycles. The first-order valence-electron chi connectivity index (χ1n) is 10.6. The molecule has 4 aromatic rings. The van der Waals surface area contributed by atoms with Crippen LogP contribution in [0.25, 0.3) is 22.2 Å². The highest BCUT2D eigenvalue weighted by Gasteiger charge is 2.36. The van der Waals surface area contributed by atoms with Crippen molar-refractivity contribution < 1.29 is 9.63 Å². The second-order valence-corrected chi connectivity index (χ2v) is 8.02. The van der Waals surface area contributed by atoms with Gasteiger partial charge in [-0.2, -0.15) is 0 Å². The molecule has 0 saturated carbocycles. The number of aryl methyl sites for hydroxylation is 1. The Hall–Kier alpha value is -3.93. The first-order valence-corrected chi connectivity index (χ1v) is 10.6. The highest BCUT2D eigenvalue weighted by Crippen LogP contribution is 2.32. The van der Waals surface area contributed by atoms with Crippen molar-refractivity contribution in [2.45, 2.75) is 19.4 Å². The average molecular weight is 425 g/mol. The van der Waals surface area contributed by atoms with Crippen molar-refractivity contribution in [2.24, 2.45) is 5.16 Å². The van der Waals surface area contributed by atoms with Crippen molar-refractivity contribution in [1.82, 2.24) is 14.9 Å². The molecule has 1 aromatic heterocycles. The largest absolute Gasteiger partial charge is 0.399 e. The number of hydrogen-bond acceptors (Lipinski definition) is 4. The Kier molecular flexibility index (Phi) is 5.19. The molecule has 0 bridgehead atoms. The number of oxime groups is 1. The molecule has 1 fully saturated rings. The molecule has 1 saturated heterocycles. The zero-order valence-electron chi connectivity index (χ0n) is 18.1. The van der Waals surface area contributed by atoms with Gasteiger partial charge in [-0.15, -0.1) is 0 Å². The van der Waals surface area contributed by atoms with E-state index in [1.54, 1.807) is 0 Å². The van der Waals surface area contributed by atoms with Crippen molar-refractivity contribution in [1.29, 1.82) is 0 Å². The second kappa shape index (κ2) is 8.30. The smallest absolute Gasteiger partial charge is 0.254 e. The predicted molar refractivity (Wildman–Crippen MR) is 126 cm³/mol. The van der Waals surface area contributed by atoms with Gasteiger partial charge in [-0.25, -0.2) is 4.98 Å². The van der Waals surface area contributed by atoms with Gasteiger partial charge in [0.1, 0.15) is 12.9 Å². The van der Waals surface area contributed by atoms with Crippen LogP contribution in [0.1, 0.15) is 34.2 Å². The molecule has 1 aliphatic rings. The highest BCUT2D eigenvalue weighted by atomic mass is 16.6. The van der Waals surface area contributed by atoms with Crippen LogP contribution in [0.5, 0.6) is 0 Å². The van der Waals surface area contributed by atoms with Crippen molar-refractivity contribution >= 4 is 22.7 Å². The van der Waals surface area contributed by atoms with Crippen LogP contribution >= 0.6 is 0 Å². The third kappa shape index (κ3) is 3.64. The standard InChI is InChI=1S/C26H24N4O2/c1-17-7-3-4-8-21(17)18-11-13-19(14-12-18)26(31)30-16-20(29-32-2)15-24(30)25-27-22-9-5-6-10-23(22)28-25/h3-14,24H,15-16H2,1-2H3,(H,27,28). The van der Waals surface area contributed by atoms with Crippen LogP contribution in [-0.4, -0.2) is 40.1 Å². The number of nitrogens with zero attached hydrogens (tertiary/aromatic N) is 3. The van der Waals surface area contributed by atoms with Gasteiger partial charge in [-0.05, 0) is 47.9 Å². The molecular formula is C26H24N4O2. The van der Waals surface area contributed by atoms with Crippen LogP contribution in [0.3, 0.4) is 0 Å². The van der Waals surface area contributed by atoms with E-state index in [0.29, 0.717) is 18.5 Å². The van der Waals surface area contributed by atoms with Gasteiger partial charge in [-0.1, -0.05) is 53.7 Å². The summed E-state index contributed by atoms with van der Waals surface area (Å²) in [6, 6.07) is 23.7. The number of benzene rings is 3. The molecular weight excluding hydrogens is 400 g/mol. The van der Waals surface area contributed by atoms with E-state index in [2.05, 4.69) is 29.2 Å². The molecule has 160 valence electrons. The van der Waals surface area contributed by atoms with E-state index >= 15 is 0 Å². The molecule has 1 N–H and O–H groups in total. The molecule has 1 aliphatic heterocycles. The number of H-pyrrole nitrogens is 1. The zero-order valence-corrected chi connectivity index (χ0v) is 18.1. The predicted octanol–water partition coefficient (Wildman–Crippen LogP) is 5.13. The molecule has 0 radical (unpaired) electrons. The third-order valence-corrected chi connectivity index (χ3v) is 5.95. The molecule has 0 aliphatic carbocycles. The lowest BCUT2D eigenvalue weighted by atomic mass is 9.99. The SMILES string of the molecule is CON=C1CC(c2nc3ccccc3[nH]2)N(C(=O)c2ccc(-c3ccccc3C)cc2)C1. The quantitative estimate of drug-likeness (QED) is 0.462. The lowest BCUT2D eigenvalue weighted by Gasteiger charge is -2.22. The summed E-state index contributed by atoms with van der Waals surface area (Å²) in [5, 5.41) is 4.12. The number of amides is 1. The number of carbonyl (C=O) groups is 1. The maximum Gasteiger partial charge on any atom is 0.254 e. The summed E-state index contributed by atoms with van der Waals surface area (Å²) in [7, 11) is 1.53. The molecule has 32 heavy (non-hydrogen) atoms. The average Bonchev–Trinajstić information content (AvgIpc) is 3.43. The van der Waals surface area contributed by atoms with E-state index in [9.17, 15) is 4.79 Å². The molecule has 6 nitrogen and oxygen atoms in total. The fraction of sp³-hybridized carbons (Fsp3) is 0.192. The van der Waals surface area contributed by atoms with Gasteiger partial charge < -0.3 is 14.7 Å². The Morgan fingerprint density at radius 3 is 2.56 bits per heavy atom. The van der Waals surface area contributed by atoms with Gasteiger partial charge in [0.25, 0.3) is 5.91 Å². The molecule has 1 atom stereocenters. The number of rotatable bonds is 4. The van der Waals surface area contributed by atoms with Crippen LogP contribution < -0.4 is 0 Å². The Morgan fingerprint density at radius 1 is 1.06 bits per heavy atom. The Balaban J connectivity index is 1.46. The summed E-state index contributed by atoms with van der Waals surface area (Å²) in [5.41, 5.74) is 6.77. The Bertz CT molecular complexity index is 1270. The van der Waals surface area contributed by atoms with Crippen molar-refractivity contribution in [3.05, 3.63) is 89.7 Å². The normalized spacial score (nSPS) is 17.2. The maximum absolute atomic E-state index is 13.5. The van der Waals surface area contributed by atoms with Crippen LogP contribution in [0.15, 0.2) is 78.0 Å². The molecule has 5 rings (SSSR count). The van der Waals surface area contributed by atoms with Crippen molar-refractivity contribution in [3.8, 4) is 11.1 Å². The first-order chi connectivity index (χ1) is 15.6. The molecule has 0 spiro atoms. The first kappa shape index (κ1) is 20.0. The van der Waals surface area contributed by atoms with E-state index in [-0.39, 0.29) is 11.9 Å². The van der Waals surface area contributed by atoms with Gasteiger partial charge >= 0.3 is 0 Å². The van der Waals surface area contributed by atoms with Crippen LogP contribution in [0.2, 0.25) is 0 Å². The fourth-order valence-electron chi connectivity index (χ4n) is 4.34. The Labute approximate surface area is 186 Å². The van der Waals surface area contributed by atoms with E-state index in [1.165, 1.54) is 18.2 Å². The molecule has 6 heteroatoms.